The lowest BCUT2D eigenvalue weighted by molar-refractivity contribution is 0.111. The molecule has 2 heteroatoms. The Morgan fingerprint density at radius 1 is 0.667 bits per heavy atom. The Balaban J connectivity index is 2.50. The number of aldehydes is 2. The third-order valence-electron chi connectivity index (χ3n) is 3.20. The van der Waals surface area contributed by atoms with Gasteiger partial charge < -0.3 is 0 Å². The van der Waals surface area contributed by atoms with Gasteiger partial charge in [0.15, 0.2) is 12.6 Å². The number of hydrogen-bond donors (Lipinski definition) is 0. The van der Waals surface area contributed by atoms with Crippen LogP contribution in [0.5, 0.6) is 0 Å². The van der Waals surface area contributed by atoms with Crippen LogP contribution in [-0.2, 0) is 0 Å². The Kier molecular flexibility index (Phi) is 2.41. The maximum absolute atomic E-state index is 11.0. The van der Waals surface area contributed by atoms with Gasteiger partial charge in [-0.2, -0.15) is 0 Å². The smallest absolute Gasteiger partial charge is 0.150 e. The minimum Gasteiger partial charge on any atom is -0.298 e. The van der Waals surface area contributed by atoms with Crippen LogP contribution in [0.1, 0.15) is 20.7 Å². The van der Waals surface area contributed by atoms with Crippen LogP contribution in [-0.4, -0.2) is 12.6 Å². The highest BCUT2D eigenvalue weighted by Gasteiger charge is 2.04. The van der Waals surface area contributed by atoms with E-state index in [9.17, 15) is 9.59 Å². The van der Waals surface area contributed by atoms with Gasteiger partial charge in [-0.3, -0.25) is 9.59 Å². The Morgan fingerprint density at radius 2 is 1.11 bits per heavy atom. The zero-order valence-electron chi connectivity index (χ0n) is 9.59. The maximum Gasteiger partial charge on any atom is 0.150 e. The molecule has 3 aromatic carbocycles. The fraction of sp³-hybridized carbons (Fsp3) is 0. The van der Waals surface area contributed by atoms with E-state index in [1.54, 1.807) is 12.1 Å². The molecule has 0 aliphatic carbocycles. The zero-order chi connectivity index (χ0) is 12.5. The summed E-state index contributed by atoms with van der Waals surface area (Å²) in [6, 6.07) is 15.1. The van der Waals surface area contributed by atoms with Gasteiger partial charge in [-0.1, -0.05) is 36.4 Å². The summed E-state index contributed by atoms with van der Waals surface area (Å²) in [7, 11) is 0. The molecule has 0 saturated heterocycles. The lowest BCUT2D eigenvalue weighted by Crippen LogP contribution is -1.87. The van der Waals surface area contributed by atoms with Crippen molar-refractivity contribution in [3.63, 3.8) is 0 Å². The highest BCUT2D eigenvalue weighted by molar-refractivity contribution is 6.08. The van der Waals surface area contributed by atoms with Gasteiger partial charge in [-0.15, -0.1) is 0 Å². The maximum atomic E-state index is 11.0. The van der Waals surface area contributed by atoms with E-state index in [4.69, 9.17) is 0 Å². The molecule has 0 aromatic heterocycles. The molecule has 0 unspecified atom stereocenters. The van der Waals surface area contributed by atoms with E-state index in [2.05, 4.69) is 0 Å². The molecule has 86 valence electrons. The van der Waals surface area contributed by atoms with E-state index in [1.807, 2.05) is 36.4 Å². The van der Waals surface area contributed by atoms with E-state index in [0.29, 0.717) is 11.1 Å². The molecule has 0 aliphatic rings. The highest BCUT2D eigenvalue weighted by atomic mass is 16.1. The first-order valence-electron chi connectivity index (χ1n) is 5.69. The van der Waals surface area contributed by atoms with Crippen LogP contribution in [0.4, 0.5) is 0 Å². The molecule has 3 aromatic rings. The molecule has 2 nitrogen and oxygen atoms in total. The first-order chi connectivity index (χ1) is 8.83. The number of fused-ring (bicyclic) bond motifs is 2. The van der Waals surface area contributed by atoms with Crippen LogP contribution in [0.3, 0.4) is 0 Å². The molecule has 0 spiro atoms. The van der Waals surface area contributed by atoms with Crippen LogP contribution < -0.4 is 0 Å². The van der Waals surface area contributed by atoms with Crippen LogP contribution in [0, 0.1) is 0 Å². The first-order valence-corrected chi connectivity index (χ1v) is 5.69. The molecular formula is C16H10O2. The summed E-state index contributed by atoms with van der Waals surface area (Å²) in [5, 5.41) is 3.79. The van der Waals surface area contributed by atoms with Crippen molar-refractivity contribution in [1.82, 2.24) is 0 Å². The molecule has 0 fully saturated rings. The molecule has 0 radical (unpaired) electrons. The van der Waals surface area contributed by atoms with Crippen LogP contribution >= 0.6 is 0 Å². The molecule has 3 rings (SSSR count). The topological polar surface area (TPSA) is 34.1 Å². The van der Waals surface area contributed by atoms with Crippen molar-refractivity contribution in [3.8, 4) is 0 Å². The van der Waals surface area contributed by atoms with Crippen molar-refractivity contribution in [2.24, 2.45) is 0 Å². The van der Waals surface area contributed by atoms with Crippen molar-refractivity contribution < 1.29 is 9.59 Å². The average molecular weight is 234 g/mol. The summed E-state index contributed by atoms with van der Waals surface area (Å²) in [6.45, 7) is 0. The van der Waals surface area contributed by atoms with Crippen LogP contribution in [0.2, 0.25) is 0 Å². The summed E-state index contributed by atoms with van der Waals surface area (Å²) in [5.41, 5.74) is 1.34. The number of carbonyl (C=O) groups excluding carboxylic acids is 2. The van der Waals surface area contributed by atoms with Gasteiger partial charge in [-0.05, 0) is 33.7 Å². The fourth-order valence-corrected chi connectivity index (χ4v) is 2.30. The molecule has 0 bridgehead atoms. The minimum absolute atomic E-state index is 0.672. The van der Waals surface area contributed by atoms with Gasteiger partial charge in [0.1, 0.15) is 0 Å². The summed E-state index contributed by atoms with van der Waals surface area (Å²) >= 11 is 0. The standard InChI is InChI=1S/C16H10O2/c17-9-13-5-1-3-11-7-16-12(8-15(11)13)4-2-6-14(16)10-18/h1-10H. The van der Waals surface area contributed by atoms with Crippen molar-refractivity contribution in [2.75, 3.05) is 0 Å². The Hall–Kier alpha value is -2.48. The summed E-state index contributed by atoms with van der Waals surface area (Å²) in [4.78, 5) is 22.0. The second kappa shape index (κ2) is 4.08. The van der Waals surface area contributed by atoms with Crippen molar-refractivity contribution >= 4 is 34.1 Å². The minimum atomic E-state index is 0.672. The molecule has 0 heterocycles. The largest absolute Gasteiger partial charge is 0.298 e. The van der Waals surface area contributed by atoms with E-state index in [-0.39, 0.29) is 0 Å². The molecule has 0 amide bonds. The summed E-state index contributed by atoms with van der Waals surface area (Å²) < 4.78 is 0. The van der Waals surface area contributed by atoms with Gasteiger partial charge in [-0.25, -0.2) is 0 Å². The van der Waals surface area contributed by atoms with Gasteiger partial charge >= 0.3 is 0 Å². The SMILES string of the molecule is O=Cc1cccc2cc3c(C=O)cccc3cc12. The predicted molar refractivity (Wildman–Crippen MR) is 72.2 cm³/mol. The highest BCUT2D eigenvalue weighted by Crippen LogP contribution is 2.26. The average Bonchev–Trinajstić information content (AvgIpc) is 2.43. The third-order valence-corrected chi connectivity index (χ3v) is 3.20. The van der Waals surface area contributed by atoms with E-state index in [0.717, 1.165) is 34.1 Å². The fourth-order valence-electron chi connectivity index (χ4n) is 2.30. The van der Waals surface area contributed by atoms with E-state index in [1.165, 1.54) is 0 Å². The molecule has 0 aliphatic heterocycles. The molecule has 0 saturated carbocycles. The van der Waals surface area contributed by atoms with Crippen molar-refractivity contribution in [3.05, 3.63) is 59.7 Å². The normalized spacial score (nSPS) is 10.7. The summed E-state index contributed by atoms with van der Waals surface area (Å²) in [6.07, 6.45) is 1.72. The molecule has 18 heavy (non-hydrogen) atoms. The quantitative estimate of drug-likeness (QED) is 0.501. The monoisotopic (exact) mass is 234 g/mol. The number of benzene rings is 3. The number of carbonyl (C=O) groups is 2. The summed E-state index contributed by atoms with van der Waals surface area (Å²) in [5.74, 6) is 0. The first kappa shape index (κ1) is 10.7. The van der Waals surface area contributed by atoms with Crippen LogP contribution in [0.25, 0.3) is 21.5 Å². The van der Waals surface area contributed by atoms with E-state index < -0.39 is 0 Å². The van der Waals surface area contributed by atoms with Crippen molar-refractivity contribution in [2.45, 2.75) is 0 Å². The predicted octanol–water partition coefficient (Wildman–Crippen LogP) is 3.62. The van der Waals surface area contributed by atoms with Crippen molar-refractivity contribution in [1.29, 1.82) is 0 Å². The zero-order valence-corrected chi connectivity index (χ0v) is 9.59. The van der Waals surface area contributed by atoms with Gasteiger partial charge in [0.25, 0.3) is 0 Å². The lowest BCUT2D eigenvalue weighted by Gasteiger charge is -2.05. The second-order valence-electron chi connectivity index (χ2n) is 4.22. The second-order valence-corrected chi connectivity index (χ2v) is 4.22. The molecule has 0 atom stereocenters. The van der Waals surface area contributed by atoms with Gasteiger partial charge in [0, 0.05) is 11.1 Å². The Morgan fingerprint density at radius 3 is 1.50 bits per heavy atom. The molecular weight excluding hydrogens is 224 g/mol. The number of hydrogen-bond acceptors (Lipinski definition) is 2. The van der Waals surface area contributed by atoms with Gasteiger partial charge in [0.2, 0.25) is 0 Å². The lowest BCUT2D eigenvalue weighted by atomic mass is 9.98. The van der Waals surface area contributed by atoms with Gasteiger partial charge in [0.05, 0.1) is 0 Å². The third kappa shape index (κ3) is 1.51. The Bertz CT molecular complexity index is 705. The Labute approximate surface area is 104 Å². The van der Waals surface area contributed by atoms with E-state index >= 15 is 0 Å². The van der Waals surface area contributed by atoms with Crippen LogP contribution in [0.15, 0.2) is 48.5 Å². The molecule has 0 N–H and O–H groups in total. The number of rotatable bonds is 2.